The largest absolute Gasteiger partial charge is 0.305 e. The highest BCUT2D eigenvalue weighted by Gasteiger charge is 2.33. The van der Waals surface area contributed by atoms with Gasteiger partial charge in [0.15, 0.2) is 0 Å². The molecular formula is C11H22BrNS. The first-order valence-electron chi connectivity index (χ1n) is 5.46. The van der Waals surface area contributed by atoms with Crippen LogP contribution in [0, 0.1) is 5.41 Å². The van der Waals surface area contributed by atoms with Crippen molar-refractivity contribution < 1.29 is 0 Å². The third-order valence-electron chi connectivity index (χ3n) is 3.23. The highest BCUT2D eigenvalue weighted by Crippen LogP contribution is 2.40. The predicted octanol–water partition coefficient (Wildman–Crippen LogP) is 3.24. The molecule has 1 nitrogen and oxygen atoms in total. The van der Waals surface area contributed by atoms with Crippen LogP contribution in [0.1, 0.15) is 25.7 Å². The van der Waals surface area contributed by atoms with Gasteiger partial charge in [0.25, 0.3) is 0 Å². The van der Waals surface area contributed by atoms with Gasteiger partial charge in [-0.05, 0) is 31.6 Å². The lowest BCUT2D eigenvalue weighted by Crippen LogP contribution is -2.36. The molecule has 1 saturated carbocycles. The van der Waals surface area contributed by atoms with E-state index in [1.807, 2.05) is 11.8 Å². The van der Waals surface area contributed by atoms with Gasteiger partial charge in [0.1, 0.15) is 0 Å². The Morgan fingerprint density at radius 1 is 1.36 bits per heavy atom. The highest BCUT2D eigenvalue weighted by molar-refractivity contribution is 9.09. The standard InChI is InChI=1S/C11H22BrNS/c1-13(7-8-14-2)10-11(9-12)5-3-4-6-11/h3-10H2,1-2H3. The molecule has 0 saturated heterocycles. The van der Waals surface area contributed by atoms with Crippen LogP contribution < -0.4 is 0 Å². The van der Waals surface area contributed by atoms with Gasteiger partial charge < -0.3 is 4.90 Å². The molecule has 0 spiro atoms. The Hall–Kier alpha value is 0.790. The fourth-order valence-electron chi connectivity index (χ4n) is 2.36. The molecule has 1 aliphatic rings. The van der Waals surface area contributed by atoms with Crippen molar-refractivity contribution in [2.45, 2.75) is 25.7 Å². The monoisotopic (exact) mass is 279 g/mol. The first-order chi connectivity index (χ1) is 6.72. The van der Waals surface area contributed by atoms with E-state index in [0.29, 0.717) is 5.41 Å². The Balaban J connectivity index is 2.32. The maximum absolute atomic E-state index is 3.70. The van der Waals surface area contributed by atoms with Gasteiger partial charge in [-0.3, -0.25) is 0 Å². The lowest BCUT2D eigenvalue weighted by molar-refractivity contribution is 0.211. The van der Waals surface area contributed by atoms with Gasteiger partial charge in [-0.1, -0.05) is 28.8 Å². The number of rotatable bonds is 6. The summed E-state index contributed by atoms with van der Waals surface area (Å²) in [6.45, 7) is 2.51. The lowest BCUT2D eigenvalue weighted by Gasteiger charge is -2.31. The van der Waals surface area contributed by atoms with Crippen LogP contribution in [-0.4, -0.2) is 42.4 Å². The van der Waals surface area contributed by atoms with E-state index in [1.165, 1.54) is 49.9 Å². The number of halogens is 1. The van der Waals surface area contributed by atoms with Crippen LogP contribution in [0.3, 0.4) is 0 Å². The molecule has 0 radical (unpaired) electrons. The van der Waals surface area contributed by atoms with Gasteiger partial charge in [0.05, 0.1) is 0 Å². The summed E-state index contributed by atoms with van der Waals surface area (Å²) in [7, 11) is 2.26. The fourth-order valence-corrected chi connectivity index (χ4v) is 3.59. The number of alkyl halides is 1. The van der Waals surface area contributed by atoms with Crippen LogP contribution in [0.5, 0.6) is 0 Å². The molecule has 0 aromatic heterocycles. The molecule has 0 aromatic rings. The first kappa shape index (κ1) is 12.9. The smallest absolute Gasteiger partial charge is 0.0100 e. The number of hydrogen-bond acceptors (Lipinski definition) is 2. The molecule has 0 amide bonds. The van der Waals surface area contributed by atoms with E-state index in [0.717, 1.165) is 0 Å². The molecule has 0 aromatic carbocycles. The Bertz CT molecular complexity index is 157. The molecular weight excluding hydrogens is 258 g/mol. The molecule has 1 fully saturated rings. The summed E-state index contributed by atoms with van der Waals surface area (Å²) in [5, 5.41) is 1.18. The Labute approximate surface area is 101 Å². The third kappa shape index (κ3) is 3.74. The van der Waals surface area contributed by atoms with Crippen LogP contribution in [0.2, 0.25) is 0 Å². The summed E-state index contributed by atoms with van der Waals surface area (Å²) < 4.78 is 0. The van der Waals surface area contributed by atoms with Gasteiger partial charge in [0, 0.05) is 24.2 Å². The minimum absolute atomic E-state index is 0.590. The summed E-state index contributed by atoms with van der Waals surface area (Å²) in [6.07, 6.45) is 7.89. The topological polar surface area (TPSA) is 3.24 Å². The summed E-state index contributed by atoms with van der Waals surface area (Å²) in [5.41, 5.74) is 0.590. The molecule has 1 rings (SSSR count). The second kappa shape index (κ2) is 6.39. The quantitative estimate of drug-likeness (QED) is 0.687. The predicted molar refractivity (Wildman–Crippen MR) is 70.6 cm³/mol. The van der Waals surface area contributed by atoms with Crippen molar-refractivity contribution in [2.75, 3.05) is 37.5 Å². The van der Waals surface area contributed by atoms with Crippen molar-refractivity contribution in [2.24, 2.45) is 5.41 Å². The summed E-state index contributed by atoms with van der Waals surface area (Å²) in [6, 6.07) is 0. The Kier molecular flexibility index (Phi) is 5.87. The van der Waals surface area contributed by atoms with Crippen molar-refractivity contribution in [1.82, 2.24) is 4.90 Å². The molecule has 3 heteroatoms. The Morgan fingerprint density at radius 3 is 2.50 bits per heavy atom. The molecule has 0 aliphatic heterocycles. The molecule has 1 aliphatic carbocycles. The zero-order chi connectivity index (χ0) is 10.4. The number of thioether (sulfide) groups is 1. The van der Waals surface area contributed by atoms with Gasteiger partial charge in [-0.25, -0.2) is 0 Å². The fraction of sp³-hybridized carbons (Fsp3) is 1.00. The van der Waals surface area contributed by atoms with Crippen molar-refractivity contribution in [1.29, 1.82) is 0 Å². The molecule has 0 heterocycles. The summed E-state index contributed by atoms with van der Waals surface area (Å²) >= 11 is 5.64. The van der Waals surface area contributed by atoms with E-state index in [-0.39, 0.29) is 0 Å². The Morgan fingerprint density at radius 2 is 2.00 bits per heavy atom. The van der Waals surface area contributed by atoms with Gasteiger partial charge in [-0.15, -0.1) is 0 Å². The average molecular weight is 280 g/mol. The van der Waals surface area contributed by atoms with Crippen LogP contribution in [-0.2, 0) is 0 Å². The molecule has 14 heavy (non-hydrogen) atoms. The van der Waals surface area contributed by atoms with E-state index in [1.54, 1.807) is 0 Å². The number of nitrogens with zero attached hydrogens (tertiary/aromatic N) is 1. The number of hydrogen-bond donors (Lipinski definition) is 0. The summed E-state index contributed by atoms with van der Waals surface area (Å²) in [4.78, 5) is 2.50. The maximum Gasteiger partial charge on any atom is 0.0100 e. The zero-order valence-corrected chi connectivity index (χ0v) is 11.8. The summed E-state index contributed by atoms with van der Waals surface area (Å²) in [5.74, 6) is 1.26. The molecule has 0 bridgehead atoms. The van der Waals surface area contributed by atoms with E-state index in [4.69, 9.17) is 0 Å². The SMILES string of the molecule is CSCCN(C)CC1(CBr)CCCC1. The van der Waals surface area contributed by atoms with Crippen molar-refractivity contribution in [3.63, 3.8) is 0 Å². The van der Waals surface area contributed by atoms with Crippen molar-refractivity contribution >= 4 is 27.7 Å². The lowest BCUT2D eigenvalue weighted by atomic mass is 9.88. The normalized spacial score (nSPS) is 20.6. The zero-order valence-electron chi connectivity index (χ0n) is 9.39. The van der Waals surface area contributed by atoms with Gasteiger partial charge in [-0.2, -0.15) is 11.8 Å². The second-order valence-electron chi connectivity index (χ2n) is 4.57. The van der Waals surface area contributed by atoms with E-state index < -0.39 is 0 Å². The molecule has 84 valence electrons. The van der Waals surface area contributed by atoms with Crippen molar-refractivity contribution in [3.05, 3.63) is 0 Å². The minimum atomic E-state index is 0.590. The van der Waals surface area contributed by atoms with Crippen LogP contribution in [0.15, 0.2) is 0 Å². The molecule has 0 N–H and O–H groups in total. The maximum atomic E-state index is 3.70. The van der Waals surface area contributed by atoms with Gasteiger partial charge in [0.2, 0.25) is 0 Å². The second-order valence-corrected chi connectivity index (χ2v) is 6.12. The average Bonchev–Trinajstić information content (AvgIpc) is 2.64. The van der Waals surface area contributed by atoms with Gasteiger partial charge >= 0.3 is 0 Å². The van der Waals surface area contributed by atoms with E-state index >= 15 is 0 Å². The van der Waals surface area contributed by atoms with Crippen LogP contribution in [0.4, 0.5) is 0 Å². The van der Waals surface area contributed by atoms with E-state index in [9.17, 15) is 0 Å². The molecule has 0 atom stereocenters. The van der Waals surface area contributed by atoms with Crippen molar-refractivity contribution in [3.8, 4) is 0 Å². The minimum Gasteiger partial charge on any atom is -0.305 e. The highest BCUT2D eigenvalue weighted by atomic mass is 79.9. The molecule has 0 unspecified atom stereocenters. The van der Waals surface area contributed by atoms with Crippen LogP contribution in [0.25, 0.3) is 0 Å². The van der Waals surface area contributed by atoms with Crippen LogP contribution >= 0.6 is 27.7 Å². The first-order valence-corrected chi connectivity index (χ1v) is 7.97. The third-order valence-corrected chi connectivity index (χ3v) is 5.01. The van der Waals surface area contributed by atoms with E-state index in [2.05, 4.69) is 34.1 Å².